The highest BCUT2D eigenvalue weighted by Gasteiger charge is 2.15. The van der Waals surface area contributed by atoms with Crippen molar-refractivity contribution in [2.45, 2.75) is 0 Å². The molecule has 1 heterocycles. The molecule has 0 aliphatic rings. The van der Waals surface area contributed by atoms with Crippen molar-refractivity contribution in [1.82, 2.24) is 4.98 Å². The number of nitrogen functional groups attached to an aromatic ring is 1. The first kappa shape index (κ1) is 12.6. The maximum Gasteiger partial charge on any atom is 0.181 e. The van der Waals surface area contributed by atoms with Crippen molar-refractivity contribution in [3.05, 3.63) is 60.2 Å². The molecule has 3 rings (SSSR count). The lowest BCUT2D eigenvalue weighted by molar-refractivity contribution is 0.112. The summed E-state index contributed by atoms with van der Waals surface area (Å²) in [5.41, 5.74) is 9.20. The van der Waals surface area contributed by atoms with Crippen molar-refractivity contribution in [1.29, 1.82) is 0 Å². The number of aromatic nitrogens is 1. The van der Waals surface area contributed by atoms with Crippen molar-refractivity contribution >= 4 is 22.8 Å². The Balaban J connectivity index is 2.23. The summed E-state index contributed by atoms with van der Waals surface area (Å²) in [7, 11) is 0. The van der Waals surface area contributed by atoms with Crippen LogP contribution in [0.4, 0.5) is 5.13 Å². The molecule has 0 spiro atoms. The minimum atomic E-state index is 0.500. The van der Waals surface area contributed by atoms with E-state index in [1.807, 2.05) is 48.5 Å². The van der Waals surface area contributed by atoms with Gasteiger partial charge in [0.2, 0.25) is 0 Å². The first-order chi connectivity index (χ1) is 9.79. The molecule has 0 unspecified atom stereocenters. The van der Waals surface area contributed by atoms with Crippen LogP contribution in [0, 0.1) is 0 Å². The van der Waals surface area contributed by atoms with Crippen molar-refractivity contribution in [3.8, 4) is 21.7 Å². The van der Waals surface area contributed by atoms with Gasteiger partial charge in [0.15, 0.2) is 11.4 Å². The average Bonchev–Trinajstić information content (AvgIpc) is 2.90. The molecule has 3 aromatic rings. The van der Waals surface area contributed by atoms with Gasteiger partial charge in [-0.1, -0.05) is 65.9 Å². The molecule has 0 saturated heterocycles. The zero-order valence-corrected chi connectivity index (χ0v) is 11.4. The molecule has 2 aromatic carbocycles. The molecule has 0 aliphatic carbocycles. The molecule has 0 amide bonds. The Bertz CT molecular complexity index is 750. The SMILES string of the molecule is Nc1nc(-c2ccccc2)c(-c2ccccc2C=O)s1. The van der Waals surface area contributed by atoms with E-state index in [0.29, 0.717) is 10.7 Å². The fourth-order valence-electron chi connectivity index (χ4n) is 2.12. The first-order valence-electron chi connectivity index (χ1n) is 6.16. The van der Waals surface area contributed by atoms with Crippen LogP contribution in [0.5, 0.6) is 0 Å². The minimum Gasteiger partial charge on any atom is -0.375 e. The fraction of sp³-hybridized carbons (Fsp3) is 0. The summed E-state index contributed by atoms with van der Waals surface area (Å²) < 4.78 is 0. The van der Waals surface area contributed by atoms with Gasteiger partial charge in [-0.25, -0.2) is 4.98 Å². The largest absolute Gasteiger partial charge is 0.375 e. The van der Waals surface area contributed by atoms with Crippen LogP contribution in [-0.2, 0) is 0 Å². The number of benzene rings is 2. The van der Waals surface area contributed by atoms with Gasteiger partial charge < -0.3 is 5.73 Å². The van der Waals surface area contributed by atoms with Gasteiger partial charge >= 0.3 is 0 Å². The number of anilines is 1. The van der Waals surface area contributed by atoms with E-state index in [1.165, 1.54) is 11.3 Å². The predicted octanol–water partition coefficient (Wildman–Crippen LogP) is 3.87. The molecular weight excluding hydrogens is 268 g/mol. The van der Waals surface area contributed by atoms with Crippen molar-refractivity contribution in [2.24, 2.45) is 0 Å². The van der Waals surface area contributed by atoms with Crippen LogP contribution in [-0.4, -0.2) is 11.3 Å². The Kier molecular flexibility index (Phi) is 3.31. The Morgan fingerprint density at radius 2 is 1.70 bits per heavy atom. The zero-order chi connectivity index (χ0) is 13.9. The molecule has 0 atom stereocenters. The predicted molar refractivity (Wildman–Crippen MR) is 82.8 cm³/mol. The second-order valence-corrected chi connectivity index (χ2v) is 5.33. The van der Waals surface area contributed by atoms with Gasteiger partial charge in [0.1, 0.15) is 0 Å². The number of hydrogen-bond donors (Lipinski definition) is 1. The average molecular weight is 280 g/mol. The second-order valence-electron chi connectivity index (χ2n) is 4.30. The number of rotatable bonds is 3. The van der Waals surface area contributed by atoms with Crippen molar-refractivity contribution in [2.75, 3.05) is 5.73 Å². The number of hydrogen-bond acceptors (Lipinski definition) is 4. The molecule has 0 aliphatic heterocycles. The van der Waals surface area contributed by atoms with Gasteiger partial charge in [-0.3, -0.25) is 4.79 Å². The Morgan fingerprint density at radius 3 is 2.45 bits per heavy atom. The Labute approximate surface area is 120 Å². The molecule has 3 nitrogen and oxygen atoms in total. The quantitative estimate of drug-likeness (QED) is 0.741. The molecule has 98 valence electrons. The van der Waals surface area contributed by atoms with Gasteiger partial charge in [0.05, 0.1) is 10.6 Å². The van der Waals surface area contributed by atoms with E-state index in [0.717, 1.165) is 28.0 Å². The molecule has 1 aromatic heterocycles. The van der Waals surface area contributed by atoms with E-state index in [1.54, 1.807) is 6.07 Å². The van der Waals surface area contributed by atoms with E-state index >= 15 is 0 Å². The van der Waals surface area contributed by atoms with Crippen LogP contribution in [0.15, 0.2) is 54.6 Å². The van der Waals surface area contributed by atoms with Crippen molar-refractivity contribution < 1.29 is 4.79 Å². The molecule has 4 heteroatoms. The van der Waals surface area contributed by atoms with E-state index in [9.17, 15) is 4.79 Å². The lowest BCUT2D eigenvalue weighted by Crippen LogP contribution is -1.87. The lowest BCUT2D eigenvalue weighted by atomic mass is 10.0. The highest BCUT2D eigenvalue weighted by atomic mass is 32.1. The van der Waals surface area contributed by atoms with E-state index < -0.39 is 0 Å². The summed E-state index contributed by atoms with van der Waals surface area (Å²) in [6.07, 6.45) is 0.861. The number of carbonyl (C=O) groups excluding carboxylic acids is 1. The Hall–Kier alpha value is -2.46. The van der Waals surface area contributed by atoms with Crippen LogP contribution in [0.25, 0.3) is 21.7 Å². The molecule has 0 fully saturated rings. The highest BCUT2D eigenvalue weighted by Crippen LogP contribution is 2.38. The van der Waals surface area contributed by atoms with Gasteiger partial charge in [0.25, 0.3) is 0 Å². The molecule has 2 N–H and O–H groups in total. The fourth-order valence-corrected chi connectivity index (χ4v) is 3.02. The van der Waals surface area contributed by atoms with Crippen LogP contribution >= 0.6 is 11.3 Å². The van der Waals surface area contributed by atoms with E-state index in [-0.39, 0.29) is 0 Å². The van der Waals surface area contributed by atoms with Crippen LogP contribution < -0.4 is 5.73 Å². The zero-order valence-electron chi connectivity index (χ0n) is 10.6. The van der Waals surface area contributed by atoms with Crippen LogP contribution in [0.3, 0.4) is 0 Å². The summed E-state index contributed by atoms with van der Waals surface area (Å²) in [5.74, 6) is 0. The standard InChI is InChI=1S/C16H12N2OS/c17-16-18-14(11-6-2-1-3-7-11)15(20-16)13-9-5-4-8-12(13)10-19/h1-10H,(H2,17,18). The number of thiazole rings is 1. The molecular formula is C16H12N2OS. The van der Waals surface area contributed by atoms with Gasteiger partial charge in [-0.15, -0.1) is 0 Å². The van der Waals surface area contributed by atoms with Gasteiger partial charge in [0, 0.05) is 16.7 Å². The summed E-state index contributed by atoms with van der Waals surface area (Å²) in [6, 6.07) is 17.3. The minimum absolute atomic E-state index is 0.500. The maximum absolute atomic E-state index is 11.2. The molecule has 20 heavy (non-hydrogen) atoms. The number of aldehydes is 1. The van der Waals surface area contributed by atoms with Gasteiger partial charge in [-0.2, -0.15) is 0 Å². The highest BCUT2D eigenvalue weighted by molar-refractivity contribution is 7.19. The summed E-state index contributed by atoms with van der Waals surface area (Å²) in [5, 5.41) is 0.500. The molecule has 0 radical (unpaired) electrons. The molecule has 0 saturated carbocycles. The van der Waals surface area contributed by atoms with E-state index in [2.05, 4.69) is 4.98 Å². The third-order valence-corrected chi connectivity index (χ3v) is 3.94. The number of nitrogens with two attached hydrogens (primary N) is 1. The van der Waals surface area contributed by atoms with Crippen LogP contribution in [0.1, 0.15) is 10.4 Å². The number of nitrogens with zero attached hydrogens (tertiary/aromatic N) is 1. The van der Waals surface area contributed by atoms with Gasteiger partial charge in [-0.05, 0) is 0 Å². The van der Waals surface area contributed by atoms with Crippen molar-refractivity contribution in [3.63, 3.8) is 0 Å². The van der Waals surface area contributed by atoms with Crippen LogP contribution in [0.2, 0.25) is 0 Å². The Morgan fingerprint density at radius 1 is 1.00 bits per heavy atom. The monoisotopic (exact) mass is 280 g/mol. The smallest absolute Gasteiger partial charge is 0.181 e. The van der Waals surface area contributed by atoms with E-state index in [4.69, 9.17) is 5.73 Å². The third kappa shape index (κ3) is 2.21. The summed E-state index contributed by atoms with van der Waals surface area (Å²) in [6.45, 7) is 0. The second kappa shape index (κ2) is 5.27. The number of carbonyl (C=O) groups is 1. The normalized spacial score (nSPS) is 10.4. The maximum atomic E-state index is 11.2. The lowest BCUT2D eigenvalue weighted by Gasteiger charge is -2.05. The first-order valence-corrected chi connectivity index (χ1v) is 6.97. The summed E-state index contributed by atoms with van der Waals surface area (Å²) in [4.78, 5) is 16.5. The topological polar surface area (TPSA) is 56.0 Å². The molecule has 0 bridgehead atoms. The third-order valence-electron chi connectivity index (χ3n) is 3.02. The summed E-state index contributed by atoms with van der Waals surface area (Å²) >= 11 is 1.40.